The summed E-state index contributed by atoms with van der Waals surface area (Å²) in [6, 6.07) is 12.5. The summed E-state index contributed by atoms with van der Waals surface area (Å²) < 4.78 is 0. The largest absolute Gasteiger partial charge is 0.303 e. The second kappa shape index (κ2) is 6.29. The molecule has 4 nitrogen and oxygen atoms in total. The maximum absolute atomic E-state index is 10.4. The summed E-state index contributed by atoms with van der Waals surface area (Å²) in [7, 11) is 0. The molecule has 1 fully saturated rings. The first-order chi connectivity index (χ1) is 9.28. The van der Waals surface area contributed by atoms with E-state index >= 15 is 0 Å². The normalized spacial score (nSPS) is 18.3. The first-order valence-electron chi connectivity index (χ1n) is 6.54. The third kappa shape index (κ3) is 3.51. The number of hydrogen-bond donors (Lipinski definition) is 0. The van der Waals surface area contributed by atoms with Crippen LogP contribution in [0.3, 0.4) is 0 Å². The molecule has 1 aromatic rings. The van der Waals surface area contributed by atoms with Crippen LogP contribution in [-0.2, 0) is 11.2 Å². The van der Waals surface area contributed by atoms with E-state index in [2.05, 4.69) is 28.1 Å². The Morgan fingerprint density at radius 1 is 1.26 bits per heavy atom. The molecular formula is C15H17N3O. The number of nitriles is 1. The van der Waals surface area contributed by atoms with Gasteiger partial charge in [-0.25, -0.2) is 4.79 Å². The maximum atomic E-state index is 10.4. The lowest BCUT2D eigenvalue weighted by molar-refractivity contribution is 0.191. The van der Waals surface area contributed by atoms with Crippen molar-refractivity contribution < 1.29 is 4.79 Å². The Labute approximate surface area is 113 Å². The van der Waals surface area contributed by atoms with Crippen molar-refractivity contribution in [3.8, 4) is 6.07 Å². The monoisotopic (exact) mass is 255 g/mol. The molecule has 1 saturated heterocycles. The molecule has 1 aliphatic heterocycles. The van der Waals surface area contributed by atoms with Gasteiger partial charge in [-0.15, -0.1) is 0 Å². The van der Waals surface area contributed by atoms with Crippen LogP contribution in [0.1, 0.15) is 18.4 Å². The molecule has 4 heteroatoms. The van der Waals surface area contributed by atoms with E-state index < -0.39 is 5.54 Å². The minimum Gasteiger partial charge on any atom is -0.303 e. The topological polar surface area (TPSA) is 56.5 Å². The lowest BCUT2D eigenvalue weighted by atomic mass is 9.90. The third-order valence-electron chi connectivity index (χ3n) is 3.71. The van der Waals surface area contributed by atoms with E-state index in [9.17, 15) is 4.79 Å². The van der Waals surface area contributed by atoms with Crippen molar-refractivity contribution in [2.24, 2.45) is 4.99 Å². The second-order valence-electron chi connectivity index (χ2n) is 4.92. The summed E-state index contributed by atoms with van der Waals surface area (Å²) in [4.78, 5) is 16.4. The van der Waals surface area contributed by atoms with E-state index in [1.165, 1.54) is 11.6 Å². The van der Waals surface area contributed by atoms with Gasteiger partial charge in [0.05, 0.1) is 6.07 Å². The minimum atomic E-state index is -0.828. The van der Waals surface area contributed by atoms with Gasteiger partial charge in [-0.1, -0.05) is 30.3 Å². The number of benzene rings is 1. The highest BCUT2D eigenvalue weighted by atomic mass is 16.1. The molecule has 19 heavy (non-hydrogen) atoms. The molecule has 0 aliphatic carbocycles. The molecule has 0 aromatic heterocycles. The molecule has 98 valence electrons. The fourth-order valence-corrected chi connectivity index (χ4v) is 2.41. The molecule has 0 spiro atoms. The molecule has 0 atom stereocenters. The summed E-state index contributed by atoms with van der Waals surface area (Å²) >= 11 is 0. The van der Waals surface area contributed by atoms with E-state index in [0.29, 0.717) is 12.8 Å². The maximum Gasteiger partial charge on any atom is 0.236 e. The van der Waals surface area contributed by atoms with Crippen molar-refractivity contribution in [3.05, 3.63) is 35.9 Å². The Morgan fingerprint density at radius 2 is 1.95 bits per heavy atom. The van der Waals surface area contributed by atoms with Crippen molar-refractivity contribution in [1.82, 2.24) is 4.90 Å². The Morgan fingerprint density at radius 3 is 2.53 bits per heavy atom. The Bertz CT molecular complexity index is 492. The summed E-state index contributed by atoms with van der Waals surface area (Å²) in [5.74, 6) is 0. The first-order valence-corrected chi connectivity index (χ1v) is 6.54. The van der Waals surface area contributed by atoms with Gasteiger partial charge in [-0.2, -0.15) is 10.3 Å². The van der Waals surface area contributed by atoms with Crippen LogP contribution in [0.5, 0.6) is 0 Å². The molecular weight excluding hydrogens is 238 g/mol. The van der Waals surface area contributed by atoms with Gasteiger partial charge in [0.25, 0.3) is 0 Å². The number of rotatable bonds is 4. The second-order valence-corrected chi connectivity index (χ2v) is 4.92. The van der Waals surface area contributed by atoms with Crippen LogP contribution < -0.4 is 0 Å². The number of piperidine rings is 1. The molecule has 1 aliphatic rings. The molecule has 1 aromatic carbocycles. The van der Waals surface area contributed by atoms with Gasteiger partial charge in [0, 0.05) is 19.6 Å². The van der Waals surface area contributed by atoms with E-state index in [4.69, 9.17) is 5.26 Å². The highest BCUT2D eigenvalue weighted by Crippen LogP contribution is 2.25. The van der Waals surface area contributed by atoms with Gasteiger partial charge in [0.2, 0.25) is 6.08 Å². The smallest absolute Gasteiger partial charge is 0.236 e. The van der Waals surface area contributed by atoms with Gasteiger partial charge in [-0.3, -0.25) is 0 Å². The highest BCUT2D eigenvalue weighted by Gasteiger charge is 2.34. The predicted octanol–water partition coefficient (Wildman–Crippen LogP) is 1.92. The lowest BCUT2D eigenvalue weighted by Crippen LogP contribution is -2.43. The van der Waals surface area contributed by atoms with Crippen molar-refractivity contribution in [2.75, 3.05) is 19.6 Å². The molecule has 0 bridgehead atoms. The SMILES string of the molecule is N#CC1(N=C=O)CCN(CCc2ccccc2)CC1. The van der Waals surface area contributed by atoms with Crippen LogP contribution in [-0.4, -0.2) is 36.2 Å². The molecule has 0 unspecified atom stereocenters. The van der Waals surface area contributed by atoms with Crippen LogP contribution >= 0.6 is 0 Å². The van der Waals surface area contributed by atoms with E-state index in [1.807, 2.05) is 18.2 Å². The van der Waals surface area contributed by atoms with E-state index in [0.717, 1.165) is 26.1 Å². The van der Waals surface area contributed by atoms with Gasteiger partial charge in [-0.05, 0) is 24.8 Å². The molecule has 0 N–H and O–H groups in total. The Hall–Kier alpha value is -1.95. The molecule has 1 heterocycles. The van der Waals surface area contributed by atoms with Crippen LogP contribution in [0.15, 0.2) is 35.3 Å². The van der Waals surface area contributed by atoms with Crippen molar-refractivity contribution in [2.45, 2.75) is 24.8 Å². The van der Waals surface area contributed by atoms with Gasteiger partial charge in [0.15, 0.2) is 5.54 Å². The molecule has 0 saturated carbocycles. The van der Waals surface area contributed by atoms with Gasteiger partial charge >= 0.3 is 0 Å². The number of nitrogens with zero attached hydrogens (tertiary/aromatic N) is 3. The quantitative estimate of drug-likeness (QED) is 0.610. The summed E-state index contributed by atoms with van der Waals surface area (Å²) in [6.45, 7) is 2.60. The molecule has 2 rings (SSSR count). The van der Waals surface area contributed by atoms with E-state index in [-0.39, 0.29) is 0 Å². The lowest BCUT2D eigenvalue weighted by Gasteiger charge is -2.33. The number of isocyanates is 1. The Kier molecular flexibility index (Phi) is 4.46. The zero-order valence-electron chi connectivity index (χ0n) is 10.9. The average Bonchev–Trinajstić information content (AvgIpc) is 2.48. The zero-order valence-corrected chi connectivity index (χ0v) is 10.9. The van der Waals surface area contributed by atoms with E-state index in [1.54, 1.807) is 0 Å². The summed E-state index contributed by atoms with van der Waals surface area (Å²) in [6.07, 6.45) is 3.78. The number of carbonyl (C=O) groups excluding carboxylic acids is 1. The van der Waals surface area contributed by atoms with Crippen molar-refractivity contribution >= 4 is 6.08 Å². The standard InChI is InChI=1S/C15H17N3O/c16-12-15(17-13-19)7-10-18(11-8-15)9-6-14-4-2-1-3-5-14/h1-5H,6-11H2. The number of hydrogen-bond acceptors (Lipinski definition) is 4. The average molecular weight is 255 g/mol. The first kappa shape index (κ1) is 13.5. The zero-order chi connectivity index (χ0) is 13.6. The fourth-order valence-electron chi connectivity index (χ4n) is 2.41. The fraction of sp³-hybridized carbons (Fsp3) is 0.467. The summed E-state index contributed by atoms with van der Waals surface area (Å²) in [5, 5.41) is 9.13. The predicted molar refractivity (Wildman–Crippen MR) is 72.3 cm³/mol. The van der Waals surface area contributed by atoms with Crippen LogP contribution in [0, 0.1) is 11.3 Å². The van der Waals surface area contributed by atoms with Crippen LogP contribution in [0.4, 0.5) is 0 Å². The summed E-state index contributed by atoms with van der Waals surface area (Å²) in [5.41, 5.74) is 0.496. The van der Waals surface area contributed by atoms with Gasteiger partial charge in [0.1, 0.15) is 0 Å². The van der Waals surface area contributed by atoms with Crippen LogP contribution in [0.25, 0.3) is 0 Å². The van der Waals surface area contributed by atoms with Crippen molar-refractivity contribution in [1.29, 1.82) is 5.26 Å². The van der Waals surface area contributed by atoms with Gasteiger partial charge < -0.3 is 4.90 Å². The third-order valence-corrected chi connectivity index (χ3v) is 3.71. The highest BCUT2D eigenvalue weighted by molar-refractivity contribution is 5.37. The Balaban J connectivity index is 1.84. The van der Waals surface area contributed by atoms with Crippen molar-refractivity contribution in [3.63, 3.8) is 0 Å². The number of aliphatic imine (C=N–C) groups is 1. The van der Waals surface area contributed by atoms with Crippen LogP contribution in [0.2, 0.25) is 0 Å². The molecule has 0 radical (unpaired) electrons. The number of likely N-dealkylation sites (tertiary alicyclic amines) is 1. The molecule has 0 amide bonds. The minimum absolute atomic E-state index is 0.619.